The summed E-state index contributed by atoms with van der Waals surface area (Å²) < 4.78 is 10.5. The zero-order valence-electron chi connectivity index (χ0n) is 11.5. The Balaban J connectivity index is 1.84. The van der Waals surface area contributed by atoms with Crippen LogP contribution in [0.5, 0.6) is 0 Å². The zero-order chi connectivity index (χ0) is 14.5. The van der Waals surface area contributed by atoms with Crippen LogP contribution in [-0.4, -0.2) is 58.6 Å². The lowest BCUT2D eigenvalue weighted by Gasteiger charge is -2.35. The first-order valence-electron chi connectivity index (χ1n) is 6.42. The van der Waals surface area contributed by atoms with Crippen LogP contribution >= 0.6 is 0 Å². The van der Waals surface area contributed by atoms with Crippen LogP contribution in [0.3, 0.4) is 0 Å². The molecular formula is C13H17N3O4. The lowest BCUT2D eigenvalue weighted by molar-refractivity contribution is -0.146. The van der Waals surface area contributed by atoms with Crippen LogP contribution < -0.4 is 0 Å². The zero-order valence-corrected chi connectivity index (χ0v) is 11.5. The number of hydrogen-bond donors (Lipinski definition) is 0. The van der Waals surface area contributed by atoms with Crippen molar-refractivity contribution < 1.29 is 19.1 Å². The highest BCUT2D eigenvalue weighted by Crippen LogP contribution is 2.10. The van der Waals surface area contributed by atoms with E-state index in [9.17, 15) is 9.59 Å². The van der Waals surface area contributed by atoms with E-state index in [4.69, 9.17) is 9.47 Å². The summed E-state index contributed by atoms with van der Waals surface area (Å²) in [7, 11) is 0. The summed E-state index contributed by atoms with van der Waals surface area (Å²) in [4.78, 5) is 32.8. The van der Waals surface area contributed by atoms with Crippen molar-refractivity contribution in [1.29, 1.82) is 0 Å². The van der Waals surface area contributed by atoms with E-state index in [1.165, 1.54) is 18.6 Å². The molecule has 2 rings (SSSR count). The van der Waals surface area contributed by atoms with E-state index < -0.39 is 5.97 Å². The van der Waals surface area contributed by atoms with Gasteiger partial charge in [-0.1, -0.05) is 0 Å². The number of ether oxygens (including phenoxy) is 2. The Morgan fingerprint density at radius 1 is 1.35 bits per heavy atom. The summed E-state index contributed by atoms with van der Waals surface area (Å²) >= 11 is 0. The van der Waals surface area contributed by atoms with Gasteiger partial charge in [-0.2, -0.15) is 0 Å². The van der Waals surface area contributed by atoms with Gasteiger partial charge in [0.15, 0.2) is 12.3 Å². The molecule has 20 heavy (non-hydrogen) atoms. The Morgan fingerprint density at radius 3 is 2.65 bits per heavy atom. The molecule has 0 N–H and O–H groups in total. The van der Waals surface area contributed by atoms with Crippen LogP contribution in [0.4, 0.5) is 0 Å². The predicted molar refractivity (Wildman–Crippen MR) is 68.9 cm³/mol. The molecule has 1 amide bonds. The Labute approximate surface area is 116 Å². The first-order chi connectivity index (χ1) is 9.56. The Hall–Kier alpha value is -2.02. The van der Waals surface area contributed by atoms with E-state index in [-0.39, 0.29) is 30.4 Å². The van der Waals surface area contributed by atoms with Crippen molar-refractivity contribution in [3.63, 3.8) is 0 Å². The van der Waals surface area contributed by atoms with Crippen LogP contribution in [0.25, 0.3) is 0 Å². The van der Waals surface area contributed by atoms with Gasteiger partial charge in [0, 0.05) is 25.5 Å². The molecule has 1 aliphatic heterocycles. The van der Waals surface area contributed by atoms with Crippen LogP contribution in [0.15, 0.2) is 18.6 Å². The fourth-order valence-corrected chi connectivity index (χ4v) is 2.08. The maximum atomic E-state index is 12.0. The third-order valence-corrected chi connectivity index (χ3v) is 2.87. The summed E-state index contributed by atoms with van der Waals surface area (Å²) in [6, 6.07) is 0. The molecule has 2 atom stereocenters. The van der Waals surface area contributed by atoms with Crippen molar-refractivity contribution >= 4 is 11.9 Å². The topological polar surface area (TPSA) is 81.6 Å². The maximum absolute atomic E-state index is 12.0. The second kappa shape index (κ2) is 6.42. The lowest BCUT2D eigenvalue weighted by Crippen LogP contribution is -2.49. The minimum Gasteiger partial charge on any atom is -0.451 e. The summed E-state index contributed by atoms with van der Waals surface area (Å²) in [5.41, 5.74) is 0.0870. The second-order valence-corrected chi connectivity index (χ2v) is 4.72. The second-order valence-electron chi connectivity index (χ2n) is 4.72. The molecule has 1 aromatic heterocycles. The molecule has 0 aromatic carbocycles. The highest BCUT2D eigenvalue weighted by atomic mass is 16.5. The standard InChI is InChI=1S/C13H17N3O4/c1-9-6-16(7-10(2)20-9)12(17)8-19-13(18)11-5-14-3-4-15-11/h3-5,9-10H,6-8H2,1-2H3/t9-,10-/m1/s1. The van der Waals surface area contributed by atoms with Crippen molar-refractivity contribution in [3.05, 3.63) is 24.3 Å². The summed E-state index contributed by atoms with van der Waals surface area (Å²) in [6.45, 7) is 4.52. The molecule has 0 bridgehead atoms. The number of nitrogens with zero attached hydrogens (tertiary/aromatic N) is 3. The van der Waals surface area contributed by atoms with Gasteiger partial charge in [0.1, 0.15) is 0 Å². The third kappa shape index (κ3) is 3.74. The van der Waals surface area contributed by atoms with Gasteiger partial charge in [-0.3, -0.25) is 9.78 Å². The third-order valence-electron chi connectivity index (χ3n) is 2.87. The molecule has 1 aliphatic rings. The highest BCUT2D eigenvalue weighted by molar-refractivity contribution is 5.89. The fraction of sp³-hybridized carbons (Fsp3) is 0.538. The van der Waals surface area contributed by atoms with Crippen molar-refractivity contribution in [2.45, 2.75) is 26.1 Å². The van der Waals surface area contributed by atoms with Gasteiger partial charge in [0.05, 0.1) is 18.4 Å². The SMILES string of the molecule is C[C@@H]1CN(C(=O)COC(=O)c2cnccn2)C[C@@H](C)O1. The number of morpholine rings is 1. The Morgan fingerprint density at radius 2 is 2.05 bits per heavy atom. The van der Waals surface area contributed by atoms with Gasteiger partial charge in [0.25, 0.3) is 5.91 Å². The molecule has 108 valence electrons. The van der Waals surface area contributed by atoms with E-state index in [1.807, 2.05) is 13.8 Å². The van der Waals surface area contributed by atoms with Crippen molar-refractivity contribution in [2.24, 2.45) is 0 Å². The number of hydrogen-bond acceptors (Lipinski definition) is 6. The van der Waals surface area contributed by atoms with Gasteiger partial charge < -0.3 is 14.4 Å². The maximum Gasteiger partial charge on any atom is 0.359 e. The van der Waals surface area contributed by atoms with Crippen LogP contribution in [-0.2, 0) is 14.3 Å². The van der Waals surface area contributed by atoms with Gasteiger partial charge in [-0.25, -0.2) is 9.78 Å². The molecule has 0 radical (unpaired) electrons. The largest absolute Gasteiger partial charge is 0.451 e. The summed E-state index contributed by atoms with van der Waals surface area (Å²) in [5, 5.41) is 0. The van der Waals surface area contributed by atoms with Crippen LogP contribution in [0.2, 0.25) is 0 Å². The van der Waals surface area contributed by atoms with Crippen LogP contribution in [0.1, 0.15) is 24.3 Å². The van der Waals surface area contributed by atoms with Crippen LogP contribution in [0, 0.1) is 0 Å². The van der Waals surface area contributed by atoms with E-state index >= 15 is 0 Å². The number of aromatic nitrogens is 2. The van der Waals surface area contributed by atoms with Gasteiger partial charge in [-0.15, -0.1) is 0 Å². The molecule has 0 spiro atoms. The monoisotopic (exact) mass is 279 g/mol. The van der Waals surface area contributed by atoms with E-state index in [0.717, 1.165) is 0 Å². The summed E-state index contributed by atoms with van der Waals surface area (Å²) in [5.74, 6) is -0.884. The molecule has 1 fully saturated rings. The molecule has 0 unspecified atom stereocenters. The fourth-order valence-electron chi connectivity index (χ4n) is 2.08. The number of carbonyl (C=O) groups is 2. The Bertz CT molecular complexity index is 470. The van der Waals surface area contributed by atoms with E-state index in [2.05, 4.69) is 9.97 Å². The van der Waals surface area contributed by atoms with Crippen molar-refractivity contribution in [1.82, 2.24) is 14.9 Å². The number of carbonyl (C=O) groups excluding carboxylic acids is 2. The number of amides is 1. The first-order valence-corrected chi connectivity index (χ1v) is 6.42. The average molecular weight is 279 g/mol. The van der Waals surface area contributed by atoms with Gasteiger partial charge >= 0.3 is 5.97 Å². The smallest absolute Gasteiger partial charge is 0.359 e. The normalized spacial score (nSPS) is 22.4. The molecule has 1 aromatic rings. The molecule has 0 aliphatic carbocycles. The average Bonchev–Trinajstić information content (AvgIpc) is 2.44. The Kier molecular flexibility index (Phi) is 4.62. The van der Waals surface area contributed by atoms with Crippen molar-refractivity contribution in [3.8, 4) is 0 Å². The number of rotatable bonds is 3. The van der Waals surface area contributed by atoms with E-state index in [0.29, 0.717) is 13.1 Å². The molecule has 7 nitrogen and oxygen atoms in total. The quantitative estimate of drug-likeness (QED) is 0.739. The molecule has 2 heterocycles. The van der Waals surface area contributed by atoms with Crippen molar-refractivity contribution in [2.75, 3.05) is 19.7 Å². The van der Waals surface area contributed by atoms with Gasteiger partial charge in [-0.05, 0) is 13.8 Å². The molecular weight excluding hydrogens is 262 g/mol. The summed E-state index contributed by atoms with van der Waals surface area (Å²) in [6.07, 6.45) is 4.12. The number of esters is 1. The molecule has 7 heteroatoms. The molecule has 1 saturated heterocycles. The lowest BCUT2D eigenvalue weighted by atomic mass is 10.2. The first kappa shape index (κ1) is 14.4. The minimum absolute atomic E-state index is 0.0154. The predicted octanol–water partition coefficient (Wildman–Crippen LogP) is 0.269. The van der Waals surface area contributed by atoms with E-state index in [1.54, 1.807) is 4.90 Å². The molecule has 0 saturated carbocycles. The van der Waals surface area contributed by atoms with Gasteiger partial charge in [0.2, 0.25) is 0 Å². The highest BCUT2D eigenvalue weighted by Gasteiger charge is 2.26. The minimum atomic E-state index is -0.652.